The van der Waals surface area contributed by atoms with Gasteiger partial charge in [0.05, 0.1) is 0 Å². The van der Waals surface area contributed by atoms with Gasteiger partial charge in [-0.1, -0.05) is 42.0 Å². The van der Waals surface area contributed by atoms with Crippen LogP contribution in [-0.4, -0.2) is 12.0 Å². The molecule has 3 N–H and O–H groups in total. The number of hydrazine groups is 1. The number of halogens is 2. The van der Waals surface area contributed by atoms with Crippen molar-refractivity contribution in [1.29, 1.82) is 0 Å². The molecule has 0 aliphatic carbocycles. The summed E-state index contributed by atoms with van der Waals surface area (Å²) in [6.45, 7) is 1.98. The van der Waals surface area contributed by atoms with E-state index >= 15 is 0 Å². The molecule has 2 aromatic carbocycles. The Kier molecular flexibility index (Phi) is 4.18. The summed E-state index contributed by atoms with van der Waals surface area (Å²) in [5, 5.41) is 0. The number of rotatable bonds is 4. The summed E-state index contributed by atoms with van der Waals surface area (Å²) < 4.78 is 30.9. The van der Waals surface area contributed by atoms with E-state index in [1.54, 1.807) is 12.1 Å². The van der Waals surface area contributed by atoms with Gasteiger partial charge in [0, 0.05) is 0 Å². The van der Waals surface area contributed by atoms with Crippen LogP contribution in [0.1, 0.15) is 5.56 Å². The van der Waals surface area contributed by atoms with Crippen LogP contribution >= 0.6 is 0 Å². The fourth-order valence-corrected chi connectivity index (χ4v) is 1.74. The number of nitrogens with one attached hydrogen (secondary N) is 1. The van der Waals surface area contributed by atoms with Gasteiger partial charge in [-0.2, -0.15) is 8.78 Å². The first kappa shape index (κ1) is 14.9. The lowest BCUT2D eigenvalue weighted by Gasteiger charge is -2.16. The van der Waals surface area contributed by atoms with Crippen LogP contribution in [0.25, 0.3) is 11.1 Å². The zero-order valence-corrected chi connectivity index (χ0v) is 11.3. The fourth-order valence-electron chi connectivity index (χ4n) is 1.74. The normalized spacial score (nSPS) is 11.0. The van der Waals surface area contributed by atoms with Crippen molar-refractivity contribution in [3.8, 4) is 16.9 Å². The zero-order valence-electron chi connectivity index (χ0n) is 11.3. The zero-order chi connectivity index (χ0) is 15.5. The molecule has 0 spiro atoms. The van der Waals surface area contributed by atoms with Gasteiger partial charge in [0.25, 0.3) is 0 Å². The number of nitrogens with two attached hydrogens (primary N) is 1. The molecule has 2 rings (SSSR count). The maximum absolute atomic E-state index is 13.3. The first-order valence-corrected chi connectivity index (χ1v) is 6.17. The highest BCUT2D eigenvalue weighted by Crippen LogP contribution is 2.26. The summed E-state index contributed by atoms with van der Waals surface area (Å²) in [5.41, 5.74) is 4.30. The Morgan fingerprint density at radius 2 is 1.52 bits per heavy atom. The number of aryl methyl sites for hydroxylation is 1. The Labute approximate surface area is 120 Å². The van der Waals surface area contributed by atoms with Crippen molar-refractivity contribution < 1.29 is 18.3 Å². The lowest BCUT2D eigenvalue weighted by Crippen LogP contribution is -2.47. The second-order valence-electron chi connectivity index (χ2n) is 4.48. The smallest absolute Gasteiger partial charge is 0.425 e. The van der Waals surface area contributed by atoms with Crippen molar-refractivity contribution in [2.45, 2.75) is 13.0 Å². The molecule has 1 amide bonds. The molecule has 6 heteroatoms. The average molecular weight is 292 g/mol. The second-order valence-corrected chi connectivity index (χ2v) is 4.48. The molecular weight excluding hydrogens is 278 g/mol. The van der Waals surface area contributed by atoms with Crippen molar-refractivity contribution in [3.63, 3.8) is 0 Å². The van der Waals surface area contributed by atoms with Crippen LogP contribution in [0.15, 0.2) is 48.5 Å². The highest BCUT2D eigenvalue weighted by molar-refractivity contribution is 5.81. The van der Waals surface area contributed by atoms with Gasteiger partial charge >= 0.3 is 12.0 Å². The van der Waals surface area contributed by atoms with Crippen molar-refractivity contribution in [1.82, 2.24) is 5.43 Å². The van der Waals surface area contributed by atoms with E-state index in [1.807, 2.05) is 31.2 Å². The largest absolute Gasteiger partial charge is 0.483 e. The van der Waals surface area contributed by atoms with Gasteiger partial charge in [-0.25, -0.2) is 5.84 Å². The minimum atomic E-state index is -4.01. The number of carbonyl (C=O) groups is 1. The number of alkyl halides is 2. The van der Waals surface area contributed by atoms with Gasteiger partial charge in [-0.05, 0) is 30.2 Å². The van der Waals surface area contributed by atoms with Crippen molar-refractivity contribution in [3.05, 3.63) is 54.1 Å². The van der Waals surface area contributed by atoms with Gasteiger partial charge in [-0.15, -0.1) is 0 Å². The van der Waals surface area contributed by atoms with E-state index in [1.165, 1.54) is 17.6 Å². The quantitative estimate of drug-likeness (QED) is 0.517. The minimum Gasteiger partial charge on any atom is -0.425 e. The summed E-state index contributed by atoms with van der Waals surface area (Å²) in [7, 11) is 0. The molecule has 2 aromatic rings. The maximum atomic E-state index is 13.3. The maximum Gasteiger partial charge on any atom is 0.483 e. The van der Waals surface area contributed by atoms with E-state index < -0.39 is 12.0 Å². The van der Waals surface area contributed by atoms with Crippen LogP contribution in [-0.2, 0) is 4.79 Å². The molecule has 0 fully saturated rings. The predicted molar refractivity (Wildman–Crippen MR) is 74.5 cm³/mol. The van der Waals surface area contributed by atoms with E-state index in [0.717, 1.165) is 16.7 Å². The number of carbonyl (C=O) groups excluding carboxylic acids is 1. The third-order valence-corrected chi connectivity index (χ3v) is 2.88. The molecular formula is C15H14F2N2O2. The summed E-state index contributed by atoms with van der Waals surface area (Å²) in [6, 6.07) is 13.8. The third kappa shape index (κ3) is 3.55. The average Bonchev–Trinajstić information content (AvgIpc) is 2.47. The molecule has 0 bridgehead atoms. The number of hydrogen-bond donors (Lipinski definition) is 2. The molecule has 0 radical (unpaired) electrons. The Balaban J connectivity index is 2.16. The summed E-state index contributed by atoms with van der Waals surface area (Å²) in [4.78, 5) is 10.8. The van der Waals surface area contributed by atoms with Crippen LogP contribution in [0, 0.1) is 6.92 Å². The molecule has 0 aliphatic rings. The Morgan fingerprint density at radius 1 is 1.05 bits per heavy atom. The summed E-state index contributed by atoms with van der Waals surface area (Å²) in [6.07, 6.45) is -4.01. The van der Waals surface area contributed by atoms with E-state index in [0.29, 0.717) is 0 Å². The SMILES string of the molecule is Cc1ccc(-c2ccc(OC(F)(F)C(=O)NN)cc2)cc1. The number of amides is 1. The third-order valence-electron chi connectivity index (χ3n) is 2.88. The van der Waals surface area contributed by atoms with Crippen molar-refractivity contribution in [2.75, 3.05) is 0 Å². The van der Waals surface area contributed by atoms with Gasteiger partial charge in [0.2, 0.25) is 0 Å². The standard InChI is InChI=1S/C15H14F2N2O2/c1-10-2-4-11(5-3-10)12-6-8-13(9-7-12)21-15(16,17)14(20)19-18/h2-9H,18H2,1H3,(H,19,20). The van der Waals surface area contributed by atoms with E-state index in [2.05, 4.69) is 10.6 Å². The van der Waals surface area contributed by atoms with Crippen LogP contribution in [0.5, 0.6) is 5.75 Å². The Bertz CT molecular complexity index is 625. The number of ether oxygens (including phenoxy) is 1. The van der Waals surface area contributed by atoms with Crippen molar-refractivity contribution in [2.24, 2.45) is 5.84 Å². The monoisotopic (exact) mass is 292 g/mol. The van der Waals surface area contributed by atoms with E-state index in [4.69, 9.17) is 0 Å². The number of hydrogen-bond acceptors (Lipinski definition) is 3. The molecule has 21 heavy (non-hydrogen) atoms. The van der Waals surface area contributed by atoms with Gasteiger partial charge in [-0.3, -0.25) is 10.2 Å². The molecule has 4 nitrogen and oxygen atoms in total. The van der Waals surface area contributed by atoms with Gasteiger partial charge in [0.15, 0.2) is 0 Å². The molecule has 0 aliphatic heterocycles. The molecule has 110 valence electrons. The molecule has 0 saturated carbocycles. The topological polar surface area (TPSA) is 64.3 Å². The van der Waals surface area contributed by atoms with E-state index in [9.17, 15) is 13.6 Å². The molecule has 0 heterocycles. The van der Waals surface area contributed by atoms with Crippen LogP contribution in [0.3, 0.4) is 0 Å². The second kappa shape index (κ2) is 5.88. The van der Waals surface area contributed by atoms with Crippen molar-refractivity contribution >= 4 is 5.91 Å². The van der Waals surface area contributed by atoms with Crippen LogP contribution in [0.2, 0.25) is 0 Å². The fraction of sp³-hybridized carbons (Fsp3) is 0.133. The highest BCUT2D eigenvalue weighted by Gasteiger charge is 2.41. The Morgan fingerprint density at radius 3 is 2.00 bits per heavy atom. The van der Waals surface area contributed by atoms with Crippen LogP contribution in [0.4, 0.5) is 8.78 Å². The minimum absolute atomic E-state index is 0.125. The molecule has 0 atom stereocenters. The van der Waals surface area contributed by atoms with Gasteiger partial charge in [0.1, 0.15) is 5.75 Å². The molecule has 0 aromatic heterocycles. The summed E-state index contributed by atoms with van der Waals surface area (Å²) >= 11 is 0. The highest BCUT2D eigenvalue weighted by atomic mass is 19.3. The van der Waals surface area contributed by atoms with Gasteiger partial charge < -0.3 is 4.74 Å². The van der Waals surface area contributed by atoms with Crippen LogP contribution < -0.4 is 16.0 Å². The number of benzene rings is 2. The molecule has 0 unspecified atom stereocenters. The first-order chi connectivity index (χ1) is 9.92. The lowest BCUT2D eigenvalue weighted by molar-refractivity contribution is -0.192. The van der Waals surface area contributed by atoms with E-state index in [-0.39, 0.29) is 5.75 Å². The summed E-state index contributed by atoms with van der Waals surface area (Å²) in [5.74, 6) is 2.84. The lowest BCUT2D eigenvalue weighted by atomic mass is 10.0. The molecule has 0 saturated heterocycles. The first-order valence-electron chi connectivity index (χ1n) is 6.17. The predicted octanol–water partition coefficient (Wildman–Crippen LogP) is 2.62. The Hall–Kier alpha value is -2.47.